The van der Waals surface area contributed by atoms with Crippen molar-refractivity contribution < 1.29 is 0 Å². The van der Waals surface area contributed by atoms with Gasteiger partial charge in [0.25, 0.3) is 0 Å². The second-order valence-electron chi connectivity index (χ2n) is 5.18. The van der Waals surface area contributed by atoms with Crippen LogP contribution in [-0.4, -0.2) is 17.0 Å². The van der Waals surface area contributed by atoms with E-state index >= 15 is 0 Å². The van der Waals surface area contributed by atoms with Crippen LogP contribution < -0.4 is 5.32 Å². The molecule has 0 radical (unpaired) electrons. The first-order valence-electron chi connectivity index (χ1n) is 7.02. The molecule has 0 fully saturated rings. The van der Waals surface area contributed by atoms with Gasteiger partial charge in [-0.25, -0.2) is 0 Å². The van der Waals surface area contributed by atoms with Gasteiger partial charge in [0.15, 0.2) is 0 Å². The maximum atomic E-state index is 6.32. The number of hydrogen-bond acceptors (Lipinski definition) is 3. The number of halogens is 1. The molecule has 3 nitrogen and oxygen atoms in total. The van der Waals surface area contributed by atoms with Gasteiger partial charge in [-0.3, -0.25) is 9.97 Å². The summed E-state index contributed by atoms with van der Waals surface area (Å²) in [7, 11) is 1.97. The zero-order valence-corrected chi connectivity index (χ0v) is 12.3. The number of aryl methyl sites for hydroxylation is 1. The quantitative estimate of drug-likeness (QED) is 0.939. The molecular formula is C16H18ClN3. The van der Waals surface area contributed by atoms with Crippen LogP contribution in [0.25, 0.3) is 0 Å². The van der Waals surface area contributed by atoms with Gasteiger partial charge in [-0.1, -0.05) is 17.7 Å². The average Bonchev–Trinajstić information content (AvgIpc) is 2.50. The van der Waals surface area contributed by atoms with E-state index in [9.17, 15) is 0 Å². The molecule has 20 heavy (non-hydrogen) atoms. The summed E-state index contributed by atoms with van der Waals surface area (Å²) in [5.41, 5.74) is 3.47. The van der Waals surface area contributed by atoms with Crippen molar-refractivity contribution in [3.63, 3.8) is 0 Å². The number of aromatic nitrogens is 2. The Balaban J connectivity index is 2.01. The number of nitrogens with one attached hydrogen (secondary N) is 1. The largest absolute Gasteiger partial charge is 0.311 e. The lowest BCUT2D eigenvalue weighted by Gasteiger charge is -2.31. The number of fused-ring (bicyclic) bond motifs is 1. The van der Waals surface area contributed by atoms with Crippen molar-refractivity contribution in [2.24, 2.45) is 0 Å². The average molecular weight is 288 g/mol. The van der Waals surface area contributed by atoms with Crippen molar-refractivity contribution in [3.05, 3.63) is 58.6 Å². The highest BCUT2D eigenvalue weighted by molar-refractivity contribution is 6.31. The highest BCUT2D eigenvalue weighted by Gasteiger charge is 2.31. The van der Waals surface area contributed by atoms with Crippen molar-refractivity contribution >= 4 is 11.6 Å². The van der Waals surface area contributed by atoms with E-state index in [1.165, 1.54) is 17.7 Å². The smallest absolute Gasteiger partial charge is 0.0765 e. The van der Waals surface area contributed by atoms with E-state index in [2.05, 4.69) is 21.4 Å². The molecule has 0 aromatic carbocycles. The Kier molecular flexibility index (Phi) is 3.99. The molecule has 104 valence electrons. The molecule has 0 spiro atoms. The molecule has 0 aliphatic heterocycles. The molecule has 0 saturated carbocycles. The van der Waals surface area contributed by atoms with Crippen LogP contribution in [0.2, 0.25) is 5.02 Å². The second kappa shape index (κ2) is 5.90. The van der Waals surface area contributed by atoms with Gasteiger partial charge in [-0.15, -0.1) is 0 Å². The lowest BCUT2D eigenvalue weighted by molar-refractivity contribution is 0.409. The van der Waals surface area contributed by atoms with Gasteiger partial charge in [0, 0.05) is 24.0 Å². The molecule has 1 N–H and O–H groups in total. The van der Waals surface area contributed by atoms with E-state index in [4.69, 9.17) is 11.6 Å². The van der Waals surface area contributed by atoms with Gasteiger partial charge in [-0.05, 0) is 50.1 Å². The fraction of sp³-hybridized carbons (Fsp3) is 0.375. The Morgan fingerprint density at radius 1 is 1.25 bits per heavy atom. The third kappa shape index (κ3) is 2.43. The molecule has 0 bridgehead atoms. The van der Waals surface area contributed by atoms with Crippen molar-refractivity contribution in [3.8, 4) is 0 Å². The molecule has 1 aliphatic carbocycles. The van der Waals surface area contributed by atoms with Crippen LogP contribution in [0.5, 0.6) is 0 Å². The lowest BCUT2D eigenvalue weighted by Crippen LogP contribution is -2.28. The summed E-state index contributed by atoms with van der Waals surface area (Å²) in [5, 5.41) is 4.10. The Bertz CT molecular complexity index is 600. The van der Waals surface area contributed by atoms with E-state index in [-0.39, 0.29) is 6.04 Å². The van der Waals surface area contributed by atoms with Gasteiger partial charge < -0.3 is 5.32 Å². The summed E-state index contributed by atoms with van der Waals surface area (Å²) in [4.78, 5) is 9.09. The number of pyridine rings is 2. The van der Waals surface area contributed by atoms with Crippen molar-refractivity contribution in [2.45, 2.75) is 31.2 Å². The summed E-state index contributed by atoms with van der Waals surface area (Å²) < 4.78 is 0. The van der Waals surface area contributed by atoms with Crippen LogP contribution in [0, 0.1) is 0 Å². The van der Waals surface area contributed by atoms with E-state index < -0.39 is 0 Å². The van der Waals surface area contributed by atoms with Gasteiger partial charge >= 0.3 is 0 Å². The van der Waals surface area contributed by atoms with Crippen LogP contribution in [0.4, 0.5) is 0 Å². The fourth-order valence-corrected chi connectivity index (χ4v) is 3.36. The Labute approximate surface area is 124 Å². The standard InChI is InChI=1S/C16H18ClN3/c1-18-15(16-13(17)8-4-10-20-16)12-7-2-5-11-6-3-9-19-14(11)12/h3-4,6,8-10,12,15,18H,2,5,7H2,1H3. The third-order valence-corrected chi connectivity index (χ3v) is 4.35. The van der Waals surface area contributed by atoms with Gasteiger partial charge in [0.1, 0.15) is 0 Å². The summed E-state index contributed by atoms with van der Waals surface area (Å²) in [6, 6.07) is 8.07. The first kappa shape index (κ1) is 13.5. The number of rotatable bonds is 3. The summed E-state index contributed by atoms with van der Waals surface area (Å²) in [5.74, 6) is 0.331. The molecule has 4 heteroatoms. The first-order valence-corrected chi connectivity index (χ1v) is 7.40. The van der Waals surface area contributed by atoms with Crippen LogP contribution >= 0.6 is 11.6 Å². The van der Waals surface area contributed by atoms with E-state index in [0.29, 0.717) is 5.92 Å². The molecule has 0 saturated heterocycles. The van der Waals surface area contributed by atoms with Crippen molar-refractivity contribution in [2.75, 3.05) is 7.05 Å². The number of nitrogens with zero attached hydrogens (tertiary/aromatic N) is 2. The summed E-state index contributed by atoms with van der Waals surface area (Å²) >= 11 is 6.32. The zero-order chi connectivity index (χ0) is 13.9. The third-order valence-electron chi connectivity index (χ3n) is 4.03. The van der Waals surface area contributed by atoms with Crippen LogP contribution in [0.3, 0.4) is 0 Å². The van der Waals surface area contributed by atoms with Crippen LogP contribution in [0.1, 0.15) is 41.8 Å². The monoisotopic (exact) mass is 287 g/mol. The normalized spacial score (nSPS) is 19.4. The van der Waals surface area contributed by atoms with Gasteiger partial charge in [0.2, 0.25) is 0 Å². The Morgan fingerprint density at radius 3 is 2.85 bits per heavy atom. The number of hydrogen-bond donors (Lipinski definition) is 1. The molecule has 0 amide bonds. The SMILES string of the molecule is CNC(c1ncccc1Cl)C1CCCc2cccnc21. The van der Waals surface area contributed by atoms with E-state index in [0.717, 1.165) is 23.6 Å². The maximum Gasteiger partial charge on any atom is 0.0765 e. The minimum Gasteiger partial charge on any atom is -0.311 e. The molecule has 2 unspecified atom stereocenters. The summed E-state index contributed by atoms with van der Waals surface area (Å²) in [6.45, 7) is 0. The Morgan fingerprint density at radius 2 is 2.05 bits per heavy atom. The molecular weight excluding hydrogens is 270 g/mol. The van der Waals surface area contributed by atoms with Gasteiger partial charge in [0.05, 0.1) is 16.8 Å². The molecule has 2 aromatic heterocycles. The zero-order valence-electron chi connectivity index (χ0n) is 11.5. The van der Waals surface area contributed by atoms with Crippen molar-refractivity contribution in [1.82, 2.24) is 15.3 Å². The van der Waals surface area contributed by atoms with Crippen molar-refractivity contribution in [1.29, 1.82) is 0 Å². The molecule has 2 atom stereocenters. The minimum absolute atomic E-state index is 0.109. The molecule has 2 aromatic rings. The maximum absolute atomic E-state index is 6.32. The van der Waals surface area contributed by atoms with E-state index in [1.54, 1.807) is 6.20 Å². The molecule has 3 rings (SSSR count). The molecule has 1 aliphatic rings. The van der Waals surface area contributed by atoms with Gasteiger partial charge in [-0.2, -0.15) is 0 Å². The lowest BCUT2D eigenvalue weighted by atomic mass is 9.81. The predicted octanol–water partition coefficient (Wildman–Crippen LogP) is 3.51. The summed E-state index contributed by atoms with van der Waals surface area (Å²) in [6.07, 6.45) is 7.10. The molecule has 2 heterocycles. The van der Waals surface area contributed by atoms with E-state index in [1.807, 2.05) is 31.4 Å². The first-order chi connectivity index (χ1) is 9.81. The number of likely N-dealkylation sites (N-methyl/N-ethyl adjacent to an activating group) is 1. The topological polar surface area (TPSA) is 37.8 Å². The fourth-order valence-electron chi connectivity index (χ4n) is 3.12. The highest BCUT2D eigenvalue weighted by atomic mass is 35.5. The van der Waals surface area contributed by atoms with Crippen LogP contribution in [0.15, 0.2) is 36.7 Å². The predicted molar refractivity (Wildman–Crippen MR) is 81.0 cm³/mol. The van der Waals surface area contributed by atoms with Crippen LogP contribution in [-0.2, 0) is 6.42 Å². The minimum atomic E-state index is 0.109. The second-order valence-corrected chi connectivity index (χ2v) is 5.59. The highest BCUT2D eigenvalue weighted by Crippen LogP contribution is 2.39. The Hall–Kier alpha value is -1.45.